The monoisotopic (exact) mass is 246 g/mol. The van der Waals surface area contributed by atoms with E-state index in [0.29, 0.717) is 12.1 Å². The highest BCUT2D eigenvalue weighted by Gasteiger charge is 2.30. The Morgan fingerprint density at radius 3 is 2.28 bits per heavy atom. The molecule has 0 radical (unpaired) electrons. The number of rotatable bonds is 3. The second-order valence-electron chi connectivity index (χ2n) is 5.48. The molecule has 1 fully saturated rings. The van der Waals surface area contributed by atoms with Crippen molar-refractivity contribution in [3.63, 3.8) is 0 Å². The van der Waals surface area contributed by atoms with Crippen molar-refractivity contribution in [3.8, 4) is 0 Å². The lowest BCUT2D eigenvalue weighted by Gasteiger charge is -2.44. The standard InChI is InChI=1S/C16H26N2/c1-4-13-9-7-10-14(5-2)18(13)16-12(3)8-6-11-15(16)17/h6,8,11,13-14H,4-5,7,9-10,17H2,1-3H3. The van der Waals surface area contributed by atoms with E-state index in [2.05, 4.69) is 37.8 Å². The van der Waals surface area contributed by atoms with Gasteiger partial charge in [0.2, 0.25) is 0 Å². The average molecular weight is 246 g/mol. The molecular formula is C16H26N2. The Bertz CT molecular complexity index is 368. The predicted octanol–water partition coefficient (Wildman–Crippen LogP) is 4.12. The summed E-state index contributed by atoms with van der Waals surface area (Å²) in [6, 6.07) is 7.59. The molecule has 0 bridgehead atoms. The van der Waals surface area contributed by atoms with Gasteiger partial charge in [-0.3, -0.25) is 0 Å². The van der Waals surface area contributed by atoms with Gasteiger partial charge in [0.05, 0.1) is 11.4 Å². The number of hydrogen-bond acceptors (Lipinski definition) is 2. The molecule has 1 heterocycles. The van der Waals surface area contributed by atoms with Crippen LogP contribution in [0.4, 0.5) is 11.4 Å². The van der Waals surface area contributed by atoms with Crippen LogP contribution in [0.3, 0.4) is 0 Å². The molecule has 2 rings (SSSR count). The molecule has 0 amide bonds. The Morgan fingerprint density at radius 2 is 1.78 bits per heavy atom. The van der Waals surface area contributed by atoms with Crippen LogP contribution >= 0.6 is 0 Å². The number of nitrogen functional groups attached to an aromatic ring is 1. The van der Waals surface area contributed by atoms with E-state index in [0.717, 1.165) is 5.69 Å². The largest absolute Gasteiger partial charge is 0.397 e. The van der Waals surface area contributed by atoms with Gasteiger partial charge in [0.25, 0.3) is 0 Å². The quantitative estimate of drug-likeness (QED) is 0.813. The summed E-state index contributed by atoms with van der Waals surface area (Å²) in [5.74, 6) is 0. The number of piperidine rings is 1. The van der Waals surface area contributed by atoms with E-state index in [1.54, 1.807) is 0 Å². The van der Waals surface area contributed by atoms with Crippen LogP contribution in [0, 0.1) is 6.92 Å². The molecule has 1 saturated heterocycles. The normalized spacial score (nSPS) is 24.3. The van der Waals surface area contributed by atoms with Crippen molar-refractivity contribution >= 4 is 11.4 Å². The molecule has 2 N–H and O–H groups in total. The van der Waals surface area contributed by atoms with Crippen LogP contribution in [0.1, 0.15) is 51.5 Å². The first kappa shape index (κ1) is 13.3. The number of benzene rings is 1. The molecule has 1 aliphatic rings. The minimum atomic E-state index is 0.659. The molecule has 0 saturated carbocycles. The van der Waals surface area contributed by atoms with Crippen LogP contribution < -0.4 is 10.6 Å². The first-order valence-electron chi connectivity index (χ1n) is 7.32. The maximum atomic E-state index is 6.24. The summed E-state index contributed by atoms with van der Waals surface area (Å²) in [4.78, 5) is 2.62. The van der Waals surface area contributed by atoms with Gasteiger partial charge in [-0.25, -0.2) is 0 Å². The minimum Gasteiger partial charge on any atom is -0.397 e. The number of hydrogen-bond donors (Lipinski definition) is 1. The zero-order valence-corrected chi connectivity index (χ0v) is 11.9. The first-order valence-corrected chi connectivity index (χ1v) is 7.32. The fourth-order valence-corrected chi connectivity index (χ4v) is 3.37. The van der Waals surface area contributed by atoms with E-state index in [9.17, 15) is 0 Å². The first-order chi connectivity index (χ1) is 8.69. The van der Waals surface area contributed by atoms with E-state index in [1.165, 1.54) is 43.4 Å². The maximum absolute atomic E-state index is 6.24. The molecule has 2 heteroatoms. The molecule has 2 atom stereocenters. The van der Waals surface area contributed by atoms with Gasteiger partial charge in [-0.15, -0.1) is 0 Å². The molecule has 0 aromatic heterocycles. The minimum absolute atomic E-state index is 0.659. The van der Waals surface area contributed by atoms with E-state index in [4.69, 9.17) is 5.73 Å². The van der Waals surface area contributed by atoms with Crippen LogP contribution in [0.25, 0.3) is 0 Å². The summed E-state index contributed by atoms with van der Waals surface area (Å²) in [6.07, 6.45) is 6.40. The Balaban J connectivity index is 2.42. The Labute approximate surface area is 111 Å². The molecule has 0 aliphatic carbocycles. The molecular weight excluding hydrogens is 220 g/mol. The smallest absolute Gasteiger partial charge is 0.0634 e. The summed E-state index contributed by atoms with van der Waals surface area (Å²) in [7, 11) is 0. The third-order valence-corrected chi connectivity index (χ3v) is 4.33. The summed E-state index contributed by atoms with van der Waals surface area (Å²) in [5, 5.41) is 0. The highest BCUT2D eigenvalue weighted by molar-refractivity contribution is 5.72. The Hall–Kier alpha value is -1.18. The predicted molar refractivity (Wildman–Crippen MR) is 80.1 cm³/mol. The third-order valence-electron chi connectivity index (χ3n) is 4.33. The van der Waals surface area contributed by atoms with Gasteiger partial charge in [0.1, 0.15) is 0 Å². The van der Waals surface area contributed by atoms with Crippen LogP contribution in [0.15, 0.2) is 18.2 Å². The number of nitrogens with zero attached hydrogens (tertiary/aromatic N) is 1. The van der Waals surface area contributed by atoms with Crippen LogP contribution in [0.5, 0.6) is 0 Å². The lowest BCUT2D eigenvalue weighted by molar-refractivity contribution is 0.367. The molecule has 18 heavy (non-hydrogen) atoms. The lowest BCUT2D eigenvalue weighted by atomic mass is 9.91. The molecule has 0 spiro atoms. The molecule has 2 unspecified atom stereocenters. The lowest BCUT2D eigenvalue weighted by Crippen LogP contribution is -2.47. The number of para-hydroxylation sites is 1. The van der Waals surface area contributed by atoms with E-state index >= 15 is 0 Å². The summed E-state index contributed by atoms with van der Waals surface area (Å²) in [6.45, 7) is 6.77. The van der Waals surface area contributed by atoms with Crippen LogP contribution in [-0.2, 0) is 0 Å². The highest BCUT2D eigenvalue weighted by atomic mass is 15.2. The van der Waals surface area contributed by atoms with Crippen LogP contribution in [0.2, 0.25) is 0 Å². The maximum Gasteiger partial charge on any atom is 0.0634 e. The van der Waals surface area contributed by atoms with Gasteiger partial charge in [0.15, 0.2) is 0 Å². The second kappa shape index (κ2) is 5.64. The molecule has 100 valence electrons. The van der Waals surface area contributed by atoms with E-state index < -0.39 is 0 Å². The van der Waals surface area contributed by atoms with Gasteiger partial charge in [-0.1, -0.05) is 26.0 Å². The molecule has 1 aliphatic heterocycles. The summed E-state index contributed by atoms with van der Waals surface area (Å²) < 4.78 is 0. The van der Waals surface area contributed by atoms with Gasteiger partial charge >= 0.3 is 0 Å². The molecule has 2 nitrogen and oxygen atoms in total. The summed E-state index contributed by atoms with van der Waals surface area (Å²) in [5.41, 5.74) is 9.78. The van der Waals surface area contributed by atoms with Crippen molar-refractivity contribution in [2.45, 2.75) is 65.0 Å². The van der Waals surface area contributed by atoms with Crippen molar-refractivity contribution in [2.24, 2.45) is 0 Å². The van der Waals surface area contributed by atoms with Crippen LogP contribution in [-0.4, -0.2) is 12.1 Å². The van der Waals surface area contributed by atoms with Gasteiger partial charge in [-0.05, 0) is 50.7 Å². The number of nitrogens with two attached hydrogens (primary N) is 1. The highest BCUT2D eigenvalue weighted by Crippen LogP contribution is 2.37. The second-order valence-corrected chi connectivity index (χ2v) is 5.48. The third kappa shape index (κ3) is 2.33. The van der Waals surface area contributed by atoms with Crippen molar-refractivity contribution in [1.82, 2.24) is 0 Å². The zero-order valence-electron chi connectivity index (χ0n) is 11.9. The van der Waals surface area contributed by atoms with Crippen molar-refractivity contribution < 1.29 is 0 Å². The zero-order chi connectivity index (χ0) is 13.1. The summed E-state index contributed by atoms with van der Waals surface area (Å²) >= 11 is 0. The van der Waals surface area contributed by atoms with Gasteiger partial charge in [-0.2, -0.15) is 0 Å². The Kier molecular flexibility index (Phi) is 4.15. The molecule has 1 aromatic rings. The van der Waals surface area contributed by atoms with Crippen molar-refractivity contribution in [2.75, 3.05) is 10.6 Å². The SMILES string of the molecule is CCC1CCCC(CC)N1c1c(C)cccc1N. The topological polar surface area (TPSA) is 29.3 Å². The van der Waals surface area contributed by atoms with Crippen molar-refractivity contribution in [3.05, 3.63) is 23.8 Å². The van der Waals surface area contributed by atoms with Gasteiger partial charge in [0, 0.05) is 12.1 Å². The van der Waals surface area contributed by atoms with E-state index in [-0.39, 0.29) is 0 Å². The number of anilines is 2. The van der Waals surface area contributed by atoms with Crippen molar-refractivity contribution in [1.29, 1.82) is 0 Å². The van der Waals surface area contributed by atoms with Gasteiger partial charge < -0.3 is 10.6 Å². The fraction of sp³-hybridized carbons (Fsp3) is 0.625. The fourth-order valence-electron chi connectivity index (χ4n) is 3.37. The average Bonchev–Trinajstić information content (AvgIpc) is 2.38. The number of aryl methyl sites for hydroxylation is 1. The Morgan fingerprint density at radius 1 is 1.17 bits per heavy atom. The molecule has 1 aromatic carbocycles. The van der Waals surface area contributed by atoms with E-state index in [1.807, 2.05) is 6.07 Å².